The van der Waals surface area contributed by atoms with E-state index in [0.29, 0.717) is 45.6 Å². The van der Waals surface area contributed by atoms with Gasteiger partial charge in [0.05, 0.1) is 23.8 Å². The lowest BCUT2D eigenvalue weighted by molar-refractivity contribution is 0.000929. The Hall–Kier alpha value is -3.87. The highest BCUT2D eigenvalue weighted by Gasteiger charge is 2.54. The van der Waals surface area contributed by atoms with Gasteiger partial charge in [-0.05, 0) is 123 Å². The average molecular weight is 707 g/mol. The number of ether oxygens (including phenoxy) is 3. The number of anilines is 2. The van der Waals surface area contributed by atoms with Crippen molar-refractivity contribution in [3.8, 4) is 17.1 Å². The van der Waals surface area contributed by atoms with Crippen LogP contribution in [0.3, 0.4) is 0 Å². The minimum atomic E-state index is -0.686. The molecule has 0 unspecified atom stereocenters. The molecule has 1 N–H and O–H groups in total. The van der Waals surface area contributed by atoms with Crippen LogP contribution in [0, 0.1) is 19.7 Å². The fourth-order valence-corrected chi connectivity index (χ4v) is 8.30. The number of hydrogen-bond donors (Lipinski definition) is 1. The molecule has 1 aromatic carbocycles. The quantitative estimate of drug-likeness (QED) is 0.210. The number of nitrogens with zero attached hydrogens (tertiary/aromatic N) is 5. The molecule has 13 heteroatoms. The number of benzene rings is 1. The van der Waals surface area contributed by atoms with Gasteiger partial charge in [-0.3, -0.25) is 10.2 Å². The maximum atomic E-state index is 17.1. The first-order chi connectivity index (χ1) is 23.5. The van der Waals surface area contributed by atoms with Gasteiger partial charge in [-0.1, -0.05) is 11.8 Å². The van der Waals surface area contributed by atoms with Crippen LogP contribution in [0.1, 0.15) is 96.8 Å². The summed E-state index contributed by atoms with van der Waals surface area (Å²) in [6.07, 6.45) is 4.17. The van der Waals surface area contributed by atoms with Crippen LogP contribution < -0.4 is 15.0 Å². The number of amides is 2. The molecule has 3 aliphatic heterocycles. The van der Waals surface area contributed by atoms with Crippen molar-refractivity contribution < 1.29 is 28.2 Å². The second-order valence-electron chi connectivity index (χ2n) is 16.0. The number of hydrogen-bond acceptors (Lipinski definition) is 10. The van der Waals surface area contributed by atoms with Crippen LogP contribution in [0.4, 0.5) is 25.5 Å². The van der Waals surface area contributed by atoms with Crippen LogP contribution in [-0.4, -0.2) is 80.3 Å². The summed E-state index contributed by atoms with van der Waals surface area (Å²) in [5, 5.41) is 3.85. The van der Waals surface area contributed by atoms with E-state index in [1.54, 1.807) is 0 Å². The summed E-state index contributed by atoms with van der Waals surface area (Å²) in [5.41, 5.74) is 2.72. The third kappa shape index (κ3) is 6.09. The second-order valence-corrected chi connectivity index (χ2v) is 16.8. The summed E-state index contributed by atoms with van der Waals surface area (Å²) < 4.78 is 35.3. The number of thioether (sulfide) groups is 1. The molecule has 3 aromatic rings. The van der Waals surface area contributed by atoms with E-state index in [4.69, 9.17) is 29.2 Å². The van der Waals surface area contributed by atoms with E-state index in [-0.39, 0.29) is 41.3 Å². The Kier molecular flexibility index (Phi) is 8.39. The van der Waals surface area contributed by atoms with Crippen LogP contribution in [-0.2, 0) is 9.47 Å². The Bertz CT molecular complexity index is 1900. The van der Waals surface area contributed by atoms with Crippen molar-refractivity contribution in [3.05, 3.63) is 28.6 Å². The van der Waals surface area contributed by atoms with Gasteiger partial charge in [0.25, 0.3) is 0 Å². The van der Waals surface area contributed by atoms with E-state index < -0.39 is 29.2 Å². The van der Waals surface area contributed by atoms with E-state index in [0.717, 1.165) is 36.8 Å². The molecule has 2 amide bonds. The van der Waals surface area contributed by atoms with Crippen LogP contribution in [0.2, 0.25) is 0 Å². The van der Waals surface area contributed by atoms with Crippen molar-refractivity contribution in [2.75, 3.05) is 23.0 Å². The molecule has 3 fully saturated rings. The largest absolute Gasteiger partial charge is 0.472 e. The molecule has 2 saturated heterocycles. The molecule has 1 aliphatic carbocycles. The fourth-order valence-electron chi connectivity index (χ4n) is 7.94. The maximum absolute atomic E-state index is 17.1. The lowest BCUT2D eigenvalue weighted by Gasteiger charge is -2.48. The van der Waals surface area contributed by atoms with Gasteiger partial charge < -0.3 is 19.1 Å². The number of aryl methyl sites for hydroxylation is 1. The van der Waals surface area contributed by atoms with Gasteiger partial charge in [-0.2, -0.15) is 0 Å². The number of carbonyl (C=O) groups is 2. The Morgan fingerprint density at radius 1 is 1.02 bits per heavy atom. The summed E-state index contributed by atoms with van der Waals surface area (Å²) in [7, 11) is 0. The number of fused-ring (bicyclic) bond motifs is 5. The van der Waals surface area contributed by atoms with Gasteiger partial charge in [0, 0.05) is 12.1 Å². The third-order valence-electron chi connectivity index (χ3n) is 9.96. The maximum Gasteiger partial charge on any atom is 0.412 e. The summed E-state index contributed by atoms with van der Waals surface area (Å²) in [6, 6.07) is 1.39. The van der Waals surface area contributed by atoms with Crippen molar-refractivity contribution in [2.45, 2.75) is 135 Å². The van der Waals surface area contributed by atoms with Gasteiger partial charge in [0.15, 0.2) is 11.0 Å². The Labute approximate surface area is 297 Å². The predicted molar refractivity (Wildman–Crippen MR) is 192 cm³/mol. The van der Waals surface area contributed by atoms with E-state index in [1.807, 2.05) is 79.5 Å². The molecule has 11 nitrogen and oxygen atoms in total. The Balaban J connectivity index is 1.36. The number of rotatable bonds is 4. The zero-order valence-corrected chi connectivity index (χ0v) is 31.4. The number of carbonyl (C=O) groups excluding carboxylic acids is 2. The molecule has 4 aliphatic rings. The van der Waals surface area contributed by atoms with Crippen molar-refractivity contribution >= 4 is 46.4 Å². The number of pyridine rings is 1. The fraction of sp³-hybridized carbons (Fsp3) is 0.595. The highest BCUT2D eigenvalue weighted by atomic mass is 32.2. The molecule has 4 atom stereocenters. The number of piperazine rings is 1. The smallest absolute Gasteiger partial charge is 0.412 e. The van der Waals surface area contributed by atoms with Gasteiger partial charge in [-0.25, -0.2) is 28.9 Å². The zero-order chi connectivity index (χ0) is 36.0. The molecule has 1 saturated carbocycles. The number of nitrogens with one attached hydrogen (secondary N) is 1. The normalized spacial score (nSPS) is 22.9. The summed E-state index contributed by atoms with van der Waals surface area (Å²) in [4.78, 5) is 45.2. The van der Waals surface area contributed by atoms with Crippen LogP contribution in [0.5, 0.6) is 5.88 Å². The molecule has 268 valence electrons. The van der Waals surface area contributed by atoms with Crippen LogP contribution >= 0.6 is 11.8 Å². The standard InChI is InChI=1S/C37H47FN6O5S/c1-17-15-22(18(2)27(24(17)20-11-12-20)41-34(45)48-36(4,5)6)28-26(38)29-25-31(42-33(40-29)50-10)43-16-21-13-14-23(30(43)19(3)47-32(25)39-28)44(21)35(46)49-37(7,8)9/h15,19-21,23,30H,11-14,16H2,1-10H3,(H,41,45)/t19-,21+,23-,30+/m0/s1. The summed E-state index contributed by atoms with van der Waals surface area (Å²) >= 11 is 1.34. The topological polar surface area (TPSA) is 119 Å². The van der Waals surface area contributed by atoms with Gasteiger partial charge in [-0.15, -0.1) is 0 Å². The Morgan fingerprint density at radius 2 is 1.72 bits per heavy atom. The van der Waals surface area contributed by atoms with Crippen molar-refractivity contribution in [1.29, 1.82) is 0 Å². The number of aromatic nitrogens is 3. The first-order valence-electron chi connectivity index (χ1n) is 17.5. The zero-order valence-electron chi connectivity index (χ0n) is 30.6. The molecular weight excluding hydrogens is 660 g/mol. The predicted octanol–water partition coefficient (Wildman–Crippen LogP) is 8.13. The van der Waals surface area contributed by atoms with E-state index in [9.17, 15) is 9.59 Å². The molecule has 7 rings (SSSR count). The molecular formula is C37H47FN6O5S. The minimum Gasteiger partial charge on any atom is -0.472 e. The van der Waals surface area contributed by atoms with E-state index in [1.165, 1.54) is 11.8 Å². The van der Waals surface area contributed by atoms with Crippen LogP contribution in [0.15, 0.2) is 11.2 Å². The van der Waals surface area contributed by atoms with E-state index in [2.05, 4.69) is 10.2 Å². The Morgan fingerprint density at radius 3 is 2.36 bits per heavy atom. The third-order valence-corrected chi connectivity index (χ3v) is 10.5. The summed E-state index contributed by atoms with van der Waals surface area (Å²) in [5.74, 6) is 0.526. The average Bonchev–Trinajstić information content (AvgIpc) is 3.81. The molecule has 50 heavy (non-hydrogen) atoms. The highest BCUT2D eigenvalue weighted by Crippen LogP contribution is 2.50. The SMILES string of the molecule is CSc1nc2c3c(nc(-c4cc(C)c(C5CC5)c(NC(=O)OC(C)(C)C)c4C)c(F)c3n1)O[C@@H](C)[C@@H]1[C@@H]3CC[C@H](CN21)N3C(=O)OC(C)(C)C. The first kappa shape index (κ1) is 34.6. The van der Waals surface area contributed by atoms with Crippen molar-refractivity contribution in [2.24, 2.45) is 0 Å². The monoisotopic (exact) mass is 706 g/mol. The number of halogens is 1. The van der Waals surface area contributed by atoms with Gasteiger partial charge in [0.1, 0.15) is 39.7 Å². The highest BCUT2D eigenvalue weighted by molar-refractivity contribution is 7.98. The van der Waals surface area contributed by atoms with Crippen molar-refractivity contribution in [3.63, 3.8) is 0 Å². The minimum absolute atomic E-state index is 0.0864. The molecule has 0 radical (unpaired) electrons. The lowest BCUT2D eigenvalue weighted by Crippen LogP contribution is -2.65. The first-order valence-corrected chi connectivity index (χ1v) is 18.7. The van der Waals surface area contributed by atoms with Gasteiger partial charge in [0.2, 0.25) is 5.88 Å². The summed E-state index contributed by atoms with van der Waals surface area (Å²) in [6.45, 7) is 17.4. The van der Waals surface area contributed by atoms with Crippen LogP contribution in [0.25, 0.3) is 22.2 Å². The van der Waals surface area contributed by atoms with E-state index >= 15 is 4.39 Å². The molecule has 2 bridgehead atoms. The lowest BCUT2D eigenvalue weighted by atomic mass is 9.92. The second kappa shape index (κ2) is 12.1. The molecule has 2 aromatic heterocycles. The van der Waals surface area contributed by atoms with Gasteiger partial charge >= 0.3 is 12.2 Å². The molecule has 5 heterocycles. The molecule has 0 spiro atoms. The van der Waals surface area contributed by atoms with Crippen molar-refractivity contribution in [1.82, 2.24) is 19.9 Å².